The largest absolute Gasteiger partial charge is 0.392 e. The molecule has 76 valence electrons. The average molecular weight is 205 g/mol. The van der Waals surface area contributed by atoms with Gasteiger partial charge in [0.15, 0.2) is 5.56 Å². The summed E-state index contributed by atoms with van der Waals surface area (Å²) < 4.78 is 24.5. The number of nitrogens with one attached hydrogen (secondary N) is 1. The SMILES string of the molecule is Nc1c[nH]c(=O)c(C(F)F)c1[N+](=O)[O-]. The van der Waals surface area contributed by atoms with Crippen LogP contribution in [0.25, 0.3) is 0 Å². The van der Waals surface area contributed by atoms with Crippen molar-refractivity contribution in [2.24, 2.45) is 0 Å². The molecule has 0 unspecified atom stereocenters. The molecule has 0 atom stereocenters. The van der Waals surface area contributed by atoms with E-state index in [1.54, 1.807) is 0 Å². The standard InChI is InChI=1S/C6H5F2N3O3/c7-5(8)3-4(11(13)14)2(9)1-10-6(3)12/h1,5H,9H2,(H,10,12). The van der Waals surface area contributed by atoms with Crippen LogP contribution in [0.15, 0.2) is 11.0 Å². The number of hydrogen-bond donors (Lipinski definition) is 2. The Balaban J connectivity index is 3.58. The number of hydrogen-bond acceptors (Lipinski definition) is 4. The number of aromatic nitrogens is 1. The average Bonchev–Trinajstić information content (AvgIpc) is 2.07. The minimum Gasteiger partial charge on any atom is -0.392 e. The molecule has 0 amide bonds. The topological polar surface area (TPSA) is 102 Å². The first-order chi connectivity index (χ1) is 6.45. The van der Waals surface area contributed by atoms with Crippen LogP contribution in [0.4, 0.5) is 20.2 Å². The first kappa shape index (κ1) is 10.1. The van der Waals surface area contributed by atoms with E-state index < -0.39 is 33.8 Å². The summed E-state index contributed by atoms with van der Waals surface area (Å²) in [5.41, 5.74) is 1.13. The highest BCUT2D eigenvalue weighted by Gasteiger charge is 2.28. The van der Waals surface area contributed by atoms with Crippen molar-refractivity contribution in [1.29, 1.82) is 0 Å². The first-order valence-corrected chi connectivity index (χ1v) is 3.38. The van der Waals surface area contributed by atoms with Gasteiger partial charge in [-0.15, -0.1) is 0 Å². The van der Waals surface area contributed by atoms with Crippen LogP contribution in [-0.2, 0) is 0 Å². The lowest BCUT2D eigenvalue weighted by molar-refractivity contribution is -0.385. The highest BCUT2D eigenvalue weighted by molar-refractivity contribution is 5.60. The maximum absolute atomic E-state index is 12.2. The molecule has 14 heavy (non-hydrogen) atoms. The van der Waals surface area contributed by atoms with Gasteiger partial charge >= 0.3 is 5.69 Å². The van der Waals surface area contributed by atoms with Gasteiger partial charge in [-0.2, -0.15) is 0 Å². The van der Waals surface area contributed by atoms with Crippen molar-refractivity contribution in [3.8, 4) is 0 Å². The smallest absolute Gasteiger partial charge is 0.308 e. The van der Waals surface area contributed by atoms with Crippen LogP contribution in [0.3, 0.4) is 0 Å². The Bertz CT molecular complexity index is 429. The zero-order valence-electron chi connectivity index (χ0n) is 6.66. The summed E-state index contributed by atoms with van der Waals surface area (Å²) in [6, 6.07) is 0. The lowest BCUT2D eigenvalue weighted by Crippen LogP contribution is -2.16. The summed E-state index contributed by atoms with van der Waals surface area (Å²) in [5, 5.41) is 10.3. The van der Waals surface area contributed by atoms with Gasteiger partial charge in [-0.3, -0.25) is 14.9 Å². The zero-order valence-corrected chi connectivity index (χ0v) is 6.66. The van der Waals surface area contributed by atoms with Gasteiger partial charge in [-0.25, -0.2) is 8.78 Å². The summed E-state index contributed by atoms with van der Waals surface area (Å²) in [7, 11) is 0. The molecule has 6 nitrogen and oxygen atoms in total. The van der Waals surface area contributed by atoms with Crippen LogP contribution < -0.4 is 11.3 Å². The Labute approximate surface area is 75.5 Å². The summed E-state index contributed by atoms with van der Waals surface area (Å²) in [6.45, 7) is 0. The molecule has 0 fully saturated rings. The maximum Gasteiger partial charge on any atom is 0.308 e. The molecule has 0 aliphatic rings. The second-order valence-corrected chi connectivity index (χ2v) is 2.39. The Hall–Kier alpha value is -1.99. The Morgan fingerprint density at radius 3 is 2.50 bits per heavy atom. The van der Waals surface area contributed by atoms with E-state index in [1.165, 1.54) is 0 Å². The summed E-state index contributed by atoms with van der Waals surface area (Å²) in [6.07, 6.45) is -2.42. The Kier molecular flexibility index (Phi) is 2.45. The normalized spacial score (nSPS) is 10.5. The molecule has 0 aromatic carbocycles. The number of H-pyrrole nitrogens is 1. The van der Waals surface area contributed by atoms with Crippen molar-refractivity contribution in [2.45, 2.75) is 6.43 Å². The number of pyridine rings is 1. The lowest BCUT2D eigenvalue weighted by atomic mass is 10.2. The second-order valence-electron chi connectivity index (χ2n) is 2.39. The molecule has 0 radical (unpaired) electrons. The lowest BCUT2D eigenvalue weighted by Gasteiger charge is -2.02. The van der Waals surface area contributed by atoms with Crippen molar-refractivity contribution >= 4 is 11.4 Å². The van der Waals surface area contributed by atoms with Crippen molar-refractivity contribution in [2.75, 3.05) is 5.73 Å². The minimum atomic E-state index is -3.23. The van der Waals surface area contributed by atoms with Crippen molar-refractivity contribution in [1.82, 2.24) is 4.98 Å². The molecular formula is C6H5F2N3O3. The number of nitrogens with zero attached hydrogens (tertiary/aromatic N) is 1. The van der Waals surface area contributed by atoms with E-state index >= 15 is 0 Å². The quantitative estimate of drug-likeness (QED) is 0.550. The number of nitro groups is 1. The van der Waals surface area contributed by atoms with Crippen LogP contribution in [0.5, 0.6) is 0 Å². The second kappa shape index (κ2) is 3.40. The number of anilines is 1. The van der Waals surface area contributed by atoms with Crippen LogP contribution >= 0.6 is 0 Å². The van der Waals surface area contributed by atoms with Gasteiger partial charge in [0.2, 0.25) is 0 Å². The predicted octanol–water partition coefficient (Wildman–Crippen LogP) is 0.803. The molecular weight excluding hydrogens is 200 g/mol. The van der Waals surface area contributed by atoms with Gasteiger partial charge < -0.3 is 10.7 Å². The number of halogens is 2. The fraction of sp³-hybridized carbons (Fsp3) is 0.167. The number of aromatic amines is 1. The van der Waals surface area contributed by atoms with Gasteiger partial charge in [-0.05, 0) is 0 Å². The van der Waals surface area contributed by atoms with E-state index in [1.807, 2.05) is 4.98 Å². The summed E-state index contributed by atoms with van der Waals surface area (Å²) >= 11 is 0. The third-order valence-corrected chi connectivity index (χ3v) is 1.53. The first-order valence-electron chi connectivity index (χ1n) is 3.38. The summed E-state index contributed by atoms with van der Waals surface area (Å²) in [4.78, 5) is 22.0. The fourth-order valence-electron chi connectivity index (χ4n) is 0.959. The third-order valence-electron chi connectivity index (χ3n) is 1.53. The molecule has 0 aliphatic carbocycles. The van der Waals surface area contributed by atoms with Gasteiger partial charge in [0.25, 0.3) is 12.0 Å². The number of nitrogens with two attached hydrogens (primary N) is 1. The minimum absolute atomic E-state index is 0.495. The zero-order chi connectivity index (χ0) is 10.9. The van der Waals surface area contributed by atoms with E-state index in [4.69, 9.17) is 5.73 Å². The Morgan fingerprint density at radius 1 is 1.57 bits per heavy atom. The molecule has 0 aliphatic heterocycles. The van der Waals surface area contributed by atoms with E-state index in [2.05, 4.69) is 0 Å². The van der Waals surface area contributed by atoms with Crippen molar-refractivity contribution in [3.63, 3.8) is 0 Å². The fourth-order valence-corrected chi connectivity index (χ4v) is 0.959. The maximum atomic E-state index is 12.2. The molecule has 0 saturated carbocycles. The van der Waals surface area contributed by atoms with Gasteiger partial charge in [-0.1, -0.05) is 0 Å². The van der Waals surface area contributed by atoms with Crippen molar-refractivity contribution < 1.29 is 13.7 Å². The molecule has 0 spiro atoms. The number of alkyl halides is 2. The molecule has 8 heteroatoms. The van der Waals surface area contributed by atoms with Crippen LogP contribution in [0.1, 0.15) is 12.0 Å². The molecule has 3 N–H and O–H groups in total. The highest BCUT2D eigenvalue weighted by Crippen LogP contribution is 2.29. The van der Waals surface area contributed by atoms with Crippen molar-refractivity contribution in [3.05, 3.63) is 32.2 Å². The van der Waals surface area contributed by atoms with E-state index in [0.29, 0.717) is 0 Å². The number of nitrogen functional groups attached to an aromatic ring is 1. The Morgan fingerprint density at radius 2 is 2.14 bits per heavy atom. The van der Waals surface area contributed by atoms with Gasteiger partial charge in [0, 0.05) is 6.20 Å². The molecule has 1 rings (SSSR count). The van der Waals surface area contributed by atoms with E-state index in [9.17, 15) is 23.7 Å². The van der Waals surface area contributed by atoms with Gasteiger partial charge in [0.05, 0.1) is 4.92 Å². The molecule has 0 saturated heterocycles. The molecule has 1 aromatic rings. The number of rotatable bonds is 2. The monoisotopic (exact) mass is 205 g/mol. The highest BCUT2D eigenvalue weighted by atomic mass is 19.3. The van der Waals surface area contributed by atoms with Gasteiger partial charge in [0.1, 0.15) is 5.69 Å². The van der Waals surface area contributed by atoms with Crippen LogP contribution in [0.2, 0.25) is 0 Å². The van der Waals surface area contributed by atoms with E-state index in [0.717, 1.165) is 6.20 Å². The molecule has 0 bridgehead atoms. The predicted molar refractivity (Wildman–Crippen MR) is 43.1 cm³/mol. The molecule has 1 aromatic heterocycles. The molecule has 1 heterocycles. The van der Waals surface area contributed by atoms with Crippen LogP contribution in [-0.4, -0.2) is 9.91 Å². The third kappa shape index (κ3) is 1.53. The summed E-state index contributed by atoms with van der Waals surface area (Å²) in [5.74, 6) is 0. The van der Waals surface area contributed by atoms with Crippen LogP contribution in [0, 0.1) is 10.1 Å². The van der Waals surface area contributed by atoms with E-state index in [-0.39, 0.29) is 0 Å².